The van der Waals surface area contributed by atoms with Crippen LogP contribution in [-0.4, -0.2) is 92.5 Å². The summed E-state index contributed by atoms with van der Waals surface area (Å²) in [6.07, 6.45) is 3.16. The largest absolute Gasteiger partial charge is 0.378 e. The van der Waals surface area contributed by atoms with Gasteiger partial charge in [0.15, 0.2) is 0 Å². The second-order valence-electron chi connectivity index (χ2n) is 8.81. The third-order valence-corrected chi connectivity index (χ3v) is 6.62. The first-order chi connectivity index (χ1) is 15.6. The van der Waals surface area contributed by atoms with Crippen molar-refractivity contribution in [2.75, 3.05) is 59.2 Å². The highest BCUT2D eigenvalue weighted by molar-refractivity contribution is 5.78. The Kier molecular flexibility index (Phi) is 8.13. The third-order valence-electron chi connectivity index (χ3n) is 6.62. The number of likely N-dealkylation sites (tertiary alicyclic amines) is 1. The Morgan fingerprint density at radius 3 is 2.38 bits per heavy atom. The van der Waals surface area contributed by atoms with Crippen LogP contribution in [-0.2, 0) is 35.1 Å². The summed E-state index contributed by atoms with van der Waals surface area (Å²) < 4.78 is 23.1. The first-order valence-corrected chi connectivity index (χ1v) is 11.6. The Bertz CT molecular complexity index is 744. The highest BCUT2D eigenvalue weighted by Crippen LogP contribution is 2.36. The van der Waals surface area contributed by atoms with E-state index in [2.05, 4.69) is 0 Å². The number of morpholine rings is 1. The van der Waals surface area contributed by atoms with Gasteiger partial charge >= 0.3 is 0 Å². The zero-order valence-electron chi connectivity index (χ0n) is 18.7. The standard InChI is InChI=1S/C24H34N2O6/c27-22(18-30-17-20-4-2-1-3-5-20)25-9-7-24(8-10-25)16-21(6-13-32-24)31-19-23(28)26-11-14-29-15-12-26/h1-5,21H,6-19H2. The van der Waals surface area contributed by atoms with Crippen molar-refractivity contribution in [1.29, 1.82) is 0 Å². The minimum absolute atomic E-state index is 0.0187. The molecule has 4 rings (SSSR count). The number of ether oxygens (including phenoxy) is 4. The molecule has 1 unspecified atom stereocenters. The van der Waals surface area contributed by atoms with Gasteiger partial charge in [-0.15, -0.1) is 0 Å². The summed E-state index contributed by atoms with van der Waals surface area (Å²) in [5, 5.41) is 0. The van der Waals surface area contributed by atoms with E-state index in [1.165, 1.54) is 0 Å². The van der Waals surface area contributed by atoms with Crippen molar-refractivity contribution in [3.05, 3.63) is 35.9 Å². The van der Waals surface area contributed by atoms with Gasteiger partial charge in [-0.2, -0.15) is 0 Å². The Balaban J connectivity index is 1.17. The van der Waals surface area contributed by atoms with Crippen LogP contribution in [0.5, 0.6) is 0 Å². The number of hydrogen-bond donors (Lipinski definition) is 0. The number of rotatable bonds is 7. The predicted octanol–water partition coefficient (Wildman–Crippen LogP) is 1.62. The van der Waals surface area contributed by atoms with Gasteiger partial charge < -0.3 is 28.7 Å². The van der Waals surface area contributed by atoms with Gasteiger partial charge in [0.05, 0.1) is 31.5 Å². The summed E-state index contributed by atoms with van der Waals surface area (Å²) in [7, 11) is 0. The number of hydrogen-bond acceptors (Lipinski definition) is 6. The van der Waals surface area contributed by atoms with Crippen LogP contribution in [0.15, 0.2) is 30.3 Å². The molecule has 2 amide bonds. The highest BCUT2D eigenvalue weighted by atomic mass is 16.5. The minimum atomic E-state index is -0.257. The molecule has 0 aliphatic carbocycles. The molecular formula is C24H34N2O6. The van der Waals surface area contributed by atoms with Crippen molar-refractivity contribution in [3.8, 4) is 0 Å². The SMILES string of the molecule is O=C(COCc1ccccc1)N1CCC2(CC1)CC(OCC(=O)N1CCOCC1)CCO2. The molecule has 3 saturated heterocycles. The van der Waals surface area contributed by atoms with Crippen molar-refractivity contribution in [1.82, 2.24) is 9.80 Å². The number of benzene rings is 1. The fraction of sp³-hybridized carbons (Fsp3) is 0.667. The van der Waals surface area contributed by atoms with Gasteiger partial charge in [0.25, 0.3) is 0 Å². The summed E-state index contributed by atoms with van der Waals surface area (Å²) >= 11 is 0. The quantitative estimate of drug-likeness (QED) is 0.634. The molecule has 0 radical (unpaired) electrons. The van der Waals surface area contributed by atoms with E-state index in [4.69, 9.17) is 18.9 Å². The molecule has 0 bridgehead atoms. The molecule has 0 N–H and O–H groups in total. The topological polar surface area (TPSA) is 77.5 Å². The van der Waals surface area contributed by atoms with Gasteiger partial charge in [-0.25, -0.2) is 0 Å². The van der Waals surface area contributed by atoms with E-state index in [1.807, 2.05) is 40.1 Å². The number of nitrogens with zero attached hydrogens (tertiary/aromatic N) is 2. The Morgan fingerprint density at radius 2 is 1.62 bits per heavy atom. The Hall–Kier alpha value is -2.00. The summed E-state index contributed by atoms with van der Waals surface area (Å²) in [5.41, 5.74) is 0.804. The third kappa shape index (κ3) is 6.28. The second kappa shape index (κ2) is 11.2. The lowest BCUT2D eigenvalue weighted by Gasteiger charge is -2.46. The molecule has 1 spiro atoms. The lowest BCUT2D eigenvalue weighted by atomic mass is 9.83. The van der Waals surface area contributed by atoms with Crippen molar-refractivity contribution >= 4 is 11.8 Å². The molecule has 3 aliphatic rings. The van der Waals surface area contributed by atoms with E-state index in [0.29, 0.717) is 52.6 Å². The molecule has 176 valence electrons. The molecule has 32 heavy (non-hydrogen) atoms. The van der Waals surface area contributed by atoms with Crippen LogP contribution in [0.4, 0.5) is 0 Å². The number of amides is 2. The molecule has 3 fully saturated rings. The van der Waals surface area contributed by atoms with Crippen LogP contribution in [0, 0.1) is 0 Å². The van der Waals surface area contributed by atoms with E-state index in [-0.39, 0.29) is 36.7 Å². The Labute approximate surface area is 189 Å². The zero-order chi connectivity index (χ0) is 22.2. The van der Waals surface area contributed by atoms with Gasteiger partial charge in [0, 0.05) is 39.2 Å². The van der Waals surface area contributed by atoms with E-state index < -0.39 is 0 Å². The van der Waals surface area contributed by atoms with Crippen LogP contribution in [0.25, 0.3) is 0 Å². The van der Waals surface area contributed by atoms with E-state index in [9.17, 15) is 9.59 Å². The predicted molar refractivity (Wildman–Crippen MR) is 117 cm³/mol. The van der Waals surface area contributed by atoms with Crippen molar-refractivity contribution in [2.45, 2.75) is 44.0 Å². The van der Waals surface area contributed by atoms with Crippen LogP contribution in [0.2, 0.25) is 0 Å². The highest BCUT2D eigenvalue weighted by Gasteiger charge is 2.41. The van der Waals surface area contributed by atoms with E-state index in [0.717, 1.165) is 31.2 Å². The van der Waals surface area contributed by atoms with Crippen LogP contribution in [0.1, 0.15) is 31.2 Å². The monoisotopic (exact) mass is 446 g/mol. The normalized spacial score (nSPS) is 23.3. The summed E-state index contributed by atoms with van der Waals surface area (Å²) in [4.78, 5) is 28.6. The first kappa shape index (κ1) is 23.2. The van der Waals surface area contributed by atoms with Crippen molar-refractivity contribution in [2.24, 2.45) is 0 Å². The zero-order valence-corrected chi connectivity index (χ0v) is 18.7. The van der Waals surface area contributed by atoms with Gasteiger partial charge in [-0.1, -0.05) is 30.3 Å². The van der Waals surface area contributed by atoms with Gasteiger partial charge in [-0.05, 0) is 24.8 Å². The molecule has 3 heterocycles. The summed E-state index contributed by atoms with van der Waals surface area (Å²) in [6, 6.07) is 9.86. The average Bonchev–Trinajstić information content (AvgIpc) is 2.84. The fourth-order valence-electron chi connectivity index (χ4n) is 4.65. The van der Waals surface area contributed by atoms with Gasteiger partial charge in [-0.3, -0.25) is 9.59 Å². The lowest BCUT2D eigenvalue weighted by Crippen LogP contribution is -2.52. The van der Waals surface area contributed by atoms with E-state index >= 15 is 0 Å². The molecule has 1 aromatic rings. The van der Waals surface area contributed by atoms with Crippen LogP contribution in [0.3, 0.4) is 0 Å². The molecule has 8 heteroatoms. The molecule has 1 aromatic carbocycles. The number of carbonyl (C=O) groups is 2. The van der Waals surface area contributed by atoms with E-state index in [1.54, 1.807) is 0 Å². The molecule has 0 aromatic heterocycles. The van der Waals surface area contributed by atoms with Gasteiger partial charge in [0.1, 0.15) is 13.2 Å². The maximum absolute atomic E-state index is 12.5. The molecular weight excluding hydrogens is 412 g/mol. The van der Waals surface area contributed by atoms with Crippen LogP contribution >= 0.6 is 0 Å². The van der Waals surface area contributed by atoms with Crippen molar-refractivity contribution < 1.29 is 28.5 Å². The lowest BCUT2D eigenvalue weighted by molar-refractivity contribution is -0.169. The van der Waals surface area contributed by atoms with Gasteiger partial charge in [0.2, 0.25) is 11.8 Å². The first-order valence-electron chi connectivity index (χ1n) is 11.6. The fourth-order valence-corrected chi connectivity index (χ4v) is 4.65. The summed E-state index contributed by atoms with van der Waals surface area (Å²) in [6.45, 7) is 5.07. The smallest absolute Gasteiger partial charge is 0.248 e. The summed E-state index contributed by atoms with van der Waals surface area (Å²) in [5.74, 6) is 0.0558. The molecule has 8 nitrogen and oxygen atoms in total. The minimum Gasteiger partial charge on any atom is -0.378 e. The maximum atomic E-state index is 12.5. The van der Waals surface area contributed by atoms with Crippen molar-refractivity contribution in [3.63, 3.8) is 0 Å². The number of piperidine rings is 1. The molecule has 3 aliphatic heterocycles. The maximum Gasteiger partial charge on any atom is 0.248 e. The van der Waals surface area contributed by atoms with Crippen LogP contribution < -0.4 is 0 Å². The molecule has 1 atom stereocenters. The molecule has 0 saturated carbocycles. The Morgan fingerprint density at radius 1 is 0.938 bits per heavy atom. The second-order valence-corrected chi connectivity index (χ2v) is 8.81. The average molecular weight is 447 g/mol. The number of carbonyl (C=O) groups excluding carboxylic acids is 2.